The zero-order valence-electron chi connectivity index (χ0n) is 10.0. The minimum Gasteiger partial charge on any atom is -0.408 e. The number of aromatic nitrogens is 1. The summed E-state index contributed by atoms with van der Waals surface area (Å²) in [5, 5.41) is 1.99. The predicted octanol–water partition coefficient (Wildman–Crippen LogP) is 2.35. The number of carbonyl (C=O) groups is 1. The van der Waals surface area contributed by atoms with Crippen molar-refractivity contribution in [2.24, 2.45) is 0 Å². The molecule has 2 N–H and O–H groups in total. The Morgan fingerprint density at radius 3 is 2.89 bits per heavy atom. The van der Waals surface area contributed by atoms with E-state index < -0.39 is 11.1 Å². The van der Waals surface area contributed by atoms with Crippen molar-refractivity contribution < 1.29 is 9.21 Å². The van der Waals surface area contributed by atoms with Crippen molar-refractivity contribution in [2.45, 2.75) is 19.3 Å². The van der Waals surface area contributed by atoms with E-state index in [1.54, 1.807) is 6.07 Å². The second kappa shape index (κ2) is 4.49. The van der Waals surface area contributed by atoms with Crippen molar-refractivity contribution >= 4 is 28.1 Å². The number of halogens is 1. The van der Waals surface area contributed by atoms with Gasteiger partial charge < -0.3 is 9.73 Å². The van der Waals surface area contributed by atoms with E-state index >= 15 is 0 Å². The van der Waals surface area contributed by atoms with Crippen molar-refractivity contribution in [3.63, 3.8) is 0 Å². The van der Waals surface area contributed by atoms with Crippen molar-refractivity contribution in [2.75, 3.05) is 6.54 Å². The lowest BCUT2D eigenvalue weighted by molar-refractivity contribution is 0.257. The van der Waals surface area contributed by atoms with Gasteiger partial charge in [0.1, 0.15) is 0 Å². The quantitative estimate of drug-likeness (QED) is 0.663. The molecule has 1 aromatic heterocycles. The molecular formula is C12H13ClN2O3. The standard InChI is InChI=1S/C12H13ClN2O3/c1-12(2,6-14-10(13)16)7-3-4-9-8(5-7)15-11(17)18-9/h3-5H,6H2,1-2H3,(H,14,16)(H,15,17). The number of carbonyl (C=O) groups excluding carboxylic acids is 1. The van der Waals surface area contributed by atoms with Gasteiger partial charge in [-0.3, -0.25) is 9.78 Å². The molecule has 0 saturated heterocycles. The third kappa shape index (κ3) is 2.56. The summed E-state index contributed by atoms with van der Waals surface area (Å²) in [7, 11) is 0. The summed E-state index contributed by atoms with van der Waals surface area (Å²) in [6, 6.07) is 5.42. The molecule has 0 aliphatic heterocycles. The first-order chi connectivity index (χ1) is 8.38. The molecule has 0 radical (unpaired) electrons. The first kappa shape index (κ1) is 12.7. The van der Waals surface area contributed by atoms with Gasteiger partial charge in [-0.1, -0.05) is 19.9 Å². The number of amides is 1. The van der Waals surface area contributed by atoms with Gasteiger partial charge in [0.05, 0.1) is 5.52 Å². The summed E-state index contributed by atoms with van der Waals surface area (Å²) in [4.78, 5) is 24.4. The topological polar surface area (TPSA) is 75.1 Å². The van der Waals surface area contributed by atoms with Gasteiger partial charge in [0.25, 0.3) is 0 Å². The van der Waals surface area contributed by atoms with E-state index in [1.807, 2.05) is 26.0 Å². The van der Waals surface area contributed by atoms with Crippen molar-refractivity contribution in [1.82, 2.24) is 10.3 Å². The lowest BCUT2D eigenvalue weighted by Gasteiger charge is -2.24. The number of hydrogen-bond donors (Lipinski definition) is 2. The van der Waals surface area contributed by atoms with Crippen LogP contribution in [0, 0.1) is 0 Å². The Labute approximate surface area is 108 Å². The molecule has 1 amide bonds. The van der Waals surface area contributed by atoms with Crippen molar-refractivity contribution in [3.05, 3.63) is 34.3 Å². The van der Waals surface area contributed by atoms with E-state index in [0.717, 1.165) is 5.56 Å². The molecule has 1 aromatic carbocycles. The van der Waals surface area contributed by atoms with Crippen LogP contribution in [-0.2, 0) is 5.41 Å². The van der Waals surface area contributed by atoms with Gasteiger partial charge in [-0.2, -0.15) is 0 Å². The van der Waals surface area contributed by atoms with Crippen LogP contribution in [0.4, 0.5) is 4.79 Å². The van der Waals surface area contributed by atoms with Crippen LogP contribution in [0.2, 0.25) is 0 Å². The highest BCUT2D eigenvalue weighted by Gasteiger charge is 2.22. The lowest BCUT2D eigenvalue weighted by Crippen LogP contribution is -2.34. The fourth-order valence-electron chi connectivity index (χ4n) is 1.77. The van der Waals surface area contributed by atoms with Crippen LogP contribution in [0.15, 0.2) is 27.4 Å². The van der Waals surface area contributed by atoms with Crippen LogP contribution >= 0.6 is 11.6 Å². The van der Waals surface area contributed by atoms with Crippen LogP contribution in [0.25, 0.3) is 11.1 Å². The van der Waals surface area contributed by atoms with Crippen LogP contribution in [0.3, 0.4) is 0 Å². The molecule has 1 heterocycles. The highest BCUT2D eigenvalue weighted by atomic mass is 35.5. The predicted molar refractivity (Wildman–Crippen MR) is 69.1 cm³/mol. The minimum atomic E-state index is -0.583. The largest absolute Gasteiger partial charge is 0.417 e. The highest BCUT2D eigenvalue weighted by molar-refractivity contribution is 6.62. The minimum absolute atomic E-state index is 0.299. The maximum Gasteiger partial charge on any atom is 0.417 e. The zero-order valence-corrected chi connectivity index (χ0v) is 10.8. The molecule has 0 spiro atoms. The maximum absolute atomic E-state index is 11.1. The van der Waals surface area contributed by atoms with E-state index in [-0.39, 0.29) is 5.41 Å². The van der Waals surface area contributed by atoms with E-state index in [9.17, 15) is 9.59 Å². The summed E-state index contributed by atoms with van der Waals surface area (Å²) < 4.78 is 4.93. The van der Waals surface area contributed by atoms with E-state index in [2.05, 4.69) is 10.3 Å². The van der Waals surface area contributed by atoms with E-state index in [1.165, 1.54) is 0 Å². The van der Waals surface area contributed by atoms with E-state index in [0.29, 0.717) is 17.6 Å². The van der Waals surface area contributed by atoms with Gasteiger partial charge in [-0.15, -0.1) is 0 Å². The van der Waals surface area contributed by atoms with Crippen molar-refractivity contribution in [1.29, 1.82) is 0 Å². The van der Waals surface area contributed by atoms with Gasteiger partial charge in [0.2, 0.25) is 0 Å². The smallest absolute Gasteiger partial charge is 0.408 e. The molecule has 5 nitrogen and oxygen atoms in total. The maximum atomic E-state index is 11.1. The fourth-order valence-corrected chi connectivity index (χ4v) is 1.83. The third-order valence-corrected chi connectivity index (χ3v) is 3.00. The molecule has 0 aliphatic rings. The number of fused-ring (bicyclic) bond motifs is 1. The average Bonchev–Trinajstić information content (AvgIpc) is 2.65. The van der Waals surface area contributed by atoms with Crippen LogP contribution < -0.4 is 11.1 Å². The van der Waals surface area contributed by atoms with Gasteiger partial charge >= 0.3 is 11.1 Å². The molecule has 0 unspecified atom stereocenters. The lowest BCUT2D eigenvalue weighted by atomic mass is 9.84. The number of aromatic amines is 1. The first-order valence-electron chi connectivity index (χ1n) is 5.45. The molecule has 2 rings (SSSR count). The van der Waals surface area contributed by atoms with Gasteiger partial charge in [0.15, 0.2) is 5.58 Å². The third-order valence-electron chi connectivity index (χ3n) is 2.87. The van der Waals surface area contributed by atoms with Gasteiger partial charge in [-0.25, -0.2) is 4.79 Å². The van der Waals surface area contributed by atoms with Gasteiger partial charge in [-0.05, 0) is 29.3 Å². The summed E-state index contributed by atoms with van der Waals surface area (Å²) in [6.07, 6.45) is 0. The number of hydrogen-bond acceptors (Lipinski definition) is 3. The molecule has 96 valence electrons. The molecule has 2 aromatic rings. The Morgan fingerprint density at radius 2 is 2.22 bits per heavy atom. The Balaban J connectivity index is 2.34. The normalized spacial score (nSPS) is 11.7. The average molecular weight is 269 g/mol. The number of oxazole rings is 1. The molecule has 0 bridgehead atoms. The Kier molecular flexibility index (Phi) is 3.17. The summed E-state index contributed by atoms with van der Waals surface area (Å²) in [6.45, 7) is 4.35. The number of rotatable bonds is 3. The number of nitrogens with one attached hydrogen (secondary N) is 2. The Morgan fingerprint density at radius 1 is 1.50 bits per heavy atom. The first-order valence-corrected chi connectivity index (χ1v) is 5.83. The molecular weight excluding hydrogens is 256 g/mol. The Bertz CT molecular complexity index is 642. The Hall–Kier alpha value is -1.75. The second-order valence-electron chi connectivity index (χ2n) is 4.74. The van der Waals surface area contributed by atoms with Gasteiger partial charge in [0, 0.05) is 12.0 Å². The molecule has 0 saturated carbocycles. The number of H-pyrrole nitrogens is 1. The SMILES string of the molecule is CC(C)(CNC(=O)Cl)c1ccc2oc(=O)[nH]c2c1. The van der Waals surface area contributed by atoms with Crippen LogP contribution in [0.1, 0.15) is 19.4 Å². The monoisotopic (exact) mass is 268 g/mol. The van der Waals surface area contributed by atoms with E-state index in [4.69, 9.17) is 16.0 Å². The molecule has 0 aliphatic carbocycles. The van der Waals surface area contributed by atoms with Crippen molar-refractivity contribution in [3.8, 4) is 0 Å². The molecule has 18 heavy (non-hydrogen) atoms. The summed E-state index contributed by atoms with van der Waals surface area (Å²) in [5.41, 5.74) is 1.83. The molecule has 6 heteroatoms. The summed E-state index contributed by atoms with van der Waals surface area (Å²) in [5.74, 6) is -0.478. The molecule has 0 fully saturated rings. The van der Waals surface area contributed by atoms with Crippen LogP contribution in [0.5, 0.6) is 0 Å². The second-order valence-corrected chi connectivity index (χ2v) is 5.08. The van der Waals surface area contributed by atoms with Crippen LogP contribution in [-0.4, -0.2) is 16.9 Å². The zero-order chi connectivity index (χ0) is 13.3. The number of benzene rings is 1. The summed E-state index contributed by atoms with van der Waals surface area (Å²) >= 11 is 5.26. The highest BCUT2D eigenvalue weighted by Crippen LogP contribution is 2.25. The fraction of sp³-hybridized carbons (Fsp3) is 0.333. The molecule has 0 atom stereocenters.